The maximum absolute atomic E-state index is 13.5. The Morgan fingerprint density at radius 2 is 1.52 bits per heavy atom. The Labute approximate surface area is 309 Å². The third-order valence-corrected chi connectivity index (χ3v) is 17.0. The van der Waals surface area contributed by atoms with Crippen LogP contribution in [0.2, 0.25) is 0 Å². The first-order valence-corrected chi connectivity index (χ1v) is 20.0. The topological polar surface area (TPSA) is 132 Å². The minimum atomic E-state index is -1.22. The van der Waals surface area contributed by atoms with E-state index >= 15 is 0 Å². The van der Waals surface area contributed by atoms with E-state index in [2.05, 4.69) is 27.7 Å². The van der Waals surface area contributed by atoms with Crippen LogP contribution in [0.1, 0.15) is 125 Å². The second-order valence-corrected chi connectivity index (χ2v) is 20.5. The lowest BCUT2D eigenvalue weighted by molar-refractivity contribution is -0.316. The monoisotopic (exact) mass is 722 g/mol. The van der Waals surface area contributed by atoms with Gasteiger partial charge in [0.05, 0.1) is 36.3 Å². The van der Waals surface area contributed by atoms with Crippen LogP contribution in [0.15, 0.2) is 30.3 Å². The van der Waals surface area contributed by atoms with Crippen LogP contribution in [0.25, 0.3) is 0 Å². The predicted molar refractivity (Wildman–Crippen MR) is 192 cm³/mol. The minimum Gasteiger partial charge on any atom is -0.462 e. The SMILES string of the molecule is CC(C)(CC(=O)O[C@H]1CC[C@]23C[C@]24CC[C@]25CO[C@@]6(C(C)(C)O)CC[C@](C)(O6)[C@H]2[C@@H](O)[C@@H](O)[C@@]5(C)C4CCC3C1(C)C)C(=O)OCc1ccccc1. The quantitative estimate of drug-likeness (QED) is 0.271. The molecule has 5 aliphatic carbocycles. The summed E-state index contributed by atoms with van der Waals surface area (Å²) < 4.78 is 25.4. The number of hydrogen-bond acceptors (Lipinski definition) is 9. The van der Waals surface area contributed by atoms with Crippen LogP contribution in [0.4, 0.5) is 0 Å². The lowest BCUT2D eigenvalue weighted by Gasteiger charge is -2.64. The molecule has 0 amide bonds. The van der Waals surface area contributed by atoms with Crippen molar-refractivity contribution in [3.05, 3.63) is 35.9 Å². The largest absolute Gasteiger partial charge is 0.462 e. The number of aliphatic hydroxyl groups excluding tert-OH is 2. The van der Waals surface area contributed by atoms with Gasteiger partial charge in [0.25, 0.3) is 0 Å². The molecular weight excluding hydrogens is 660 g/mol. The number of esters is 2. The molecule has 1 aromatic carbocycles. The molecule has 3 N–H and O–H groups in total. The van der Waals surface area contributed by atoms with Gasteiger partial charge >= 0.3 is 11.9 Å². The molecule has 0 radical (unpaired) electrons. The van der Waals surface area contributed by atoms with Gasteiger partial charge < -0.3 is 34.3 Å². The Hall–Kier alpha value is -2.04. The van der Waals surface area contributed by atoms with Crippen LogP contribution in [0.3, 0.4) is 0 Å². The Bertz CT molecular complexity index is 1620. The van der Waals surface area contributed by atoms with Crippen molar-refractivity contribution >= 4 is 11.9 Å². The van der Waals surface area contributed by atoms with E-state index in [1.807, 2.05) is 30.3 Å². The second kappa shape index (κ2) is 11.3. The van der Waals surface area contributed by atoms with E-state index in [1.54, 1.807) is 27.7 Å². The zero-order chi connectivity index (χ0) is 37.5. The summed E-state index contributed by atoms with van der Waals surface area (Å²) in [5.41, 5.74) is -3.27. The summed E-state index contributed by atoms with van der Waals surface area (Å²) in [6.45, 7) is 16.4. The molecular formula is C43H62O9. The van der Waals surface area contributed by atoms with Gasteiger partial charge in [0.15, 0.2) is 5.79 Å². The molecule has 7 fully saturated rings. The van der Waals surface area contributed by atoms with E-state index < -0.39 is 51.4 Å². The number of hydrogen-bond donors (Lipinski definition) is 3. The average molecular weight is 723 g/mol. The molecule has 12 atom stereocenters. The van der Waals surface area contributed by atoms with Gasteiger partial charge in [-0.2, -0.15) is 0 Å². The molecule has 9 heteroatoms. The second-order valence-electron chi connectivity index (χ2n) is 20.5. The Morgan fingerprint density at radius 3 is 2.21 bits per heavy atom. The fourth-order valence-electron chi connectivity index (χ4n) is 14.3. The number of carbonyl (C=O) groups excluding carboxylic acids is 2. The molecule has 8 rings (SSSR count). The van der Waals surface area contributed by atoms with E-state index in [-0.39, 0.29) is 53.2 Å². The van der Waals surface area contributed by atoms with Gasteiger partial charge in [0, 0.05) is 28.6 Å². The van der Waals surface area contributed by atoms with Crippen molar-refractivity contribution < 1.29 is 43.9 Å². The smallest absolute Gasteiger partial charge is 0.312 e. The summed E-state index contributed by atoms with van der Waals surface area (Å²) >= 11 is 0. The van der Waals surface area contributed by atoms with Crippen molar-refractivity contribution in [3.8, 4) is 0 Å². The first-order valence-electron chi connectivity index (χ1n) is 20.0. The lowest BCUT2D eigenvalue weighted by Crippen LogP contribution is -2.63. The fourth-order valence-corrected chi connectivity index (χ4v) is 14.3. The zero-order valence-corrected chi connectivity index (χ0v) is 32.6. The molecule has 3 spiro atoms. The highest BCUT2D eigenvalue weighted by molar-refractivity contribution is 5.82. The van der Waals surface area contributed by atoms with Gasteiger partial charge in [-0.3, -0.25) is 9.59 Å². The predicted octanol–water partition coefficient (Wildman–Crippen LogP) is 6.49. The summed E-state index contributed by atoms with van der Waals surface area (Å²) in [5, 5.41) is 35.7. The third-order valence-electron chi connectivity index (χ3n) is 17.0. The van der Waals surface area contributed by atoms with Crippen molar-refractivity contribution in [1.82, 2.24) is 0 Å². The van der Waals surface area contributed by atoms with Gasteiger partial charge in [0.1, 0.15) is 18.3 Å². The molecule has 2 unspecified atom stereocenters. The van der Waals surface area contributed by atoms with E-state index in [9.17, 15) is 24.9 Å². The summed E-state index contributed by atoms with van der Waals surface area (Å²) in [6.07, 6.45) is 5.63. The van der Waals surface area contributed by atoms with Gasteiger partial charge in [-0.1, -0.05) is 51.1 Å². The normalized spacial score (nSPS) is 47.1. The van der Waals surface area contributed by atoms with Gasteiger partial charge in [0.2, 0.25) is 0 Å². The van der Waals surface area contributed by atoms with Crippen LogP contribution in [0.5, 0.6) is 0 Å². The molecule has 288 valence electrons. The van der Waals surface area contributed by atoms with Gasteiger partial charge in [-0.15, -0.1) is 0 Å². The summed E-state index contributed by atoms with van der Waals surface area (Å²) in [4.78, 5) is 26.6. The first kappa shape index (κ1) is 36.9. The highest BCUT2D eigenvalue weighted by atomic mass is 16.7. The Kier molecular flexibility index (Phi) is 8.00. The third kappa shape index (κ3) is 4.64. The van der Waals surface area contributed by atoms with E-state index in [0.717, 1.165) is 50.5 Å². The maximum Gasteiger partial charge on any atom is 0.312 e. The number of carbonyl (C=O) groups is 2. The molecule has 2 bridgehead atoms. The van der Waals surface area contributed by atoms with Crippen LogP contribution in [0, 0.1) is 50.2 Å². The number of fused-ring (bicyclic) bond motifs is 4. The first-order chi connectivity index (χ1) is 24.1. The maximum atomic E-state index is 13.5. The summed E-state index contributed by atoms with van der Waals surface area (Å²) in [6, 6.07) is 9.53. The molecule has 1 aromatic rings. The summed E-state index contributed by atoms with van der Waals surface area (Å²) in [7, 11) is 0. The van der Waals surface area contributed by atoms with Crippen molar-refractivity contribution in [2.75, 3.05) is 6.61 Å². The van der Waals surface area contributed by atoms with Crippen LogP contribution in [-0.4, -0.2) is 69.2 Å². The standard InChI is InChI=1S/C43H62O9/c1-35(2,34(47)49-23-26-12-10-9-11-13-26)22-30(44)51-29-16-17-40-24-41(40)19-20-42-25-50-43(37(5,6)48)21-18-38(7,52-43)32(42)31(45)33(46)39(42,8)28(41)15-14-27(40)36(29,3)4/h9-13,27-29,31-33,45-46,48H,14-25H2,1-8H3/t27?,28?,29-,31+,32+,33+,38-,39+,40+,41-,42-,43-/m0/s1. The summed E-state index contributed by atoms with van der Waals surface area (Å²) in [5.74, 6) is -1.66. The van der Waals surface area contributed by atoms with Crippen molar-refractivity contribution in [3.63, 3.8) is 0 Å². The highest BCUT2D eigenvalue weighted by Gasteiger charge is 2.87. The number of rotatable bonds is 7. The fraction of sp³-hybridized carbons (Fsp3) is 0.814. The molecule has 2 saturated heterocycles. The van der Waals surface area contributed by atoms with E-state index in [1.165, 1.54) is 0 Å². The number of aliphatic hydroxyl groups is 3. The lowest BCUT2D eigenvalue weighted by atomic mass is 9.41. The molecule has 52 heavy (non-hydrogen) atoms. The zero-order valence-electron chi connectivity index (χ0n) is 32.6. The molecule has 2 heterocycles. The Morgan fingerprint density at radius 1 is 0.865 bits per heavy atom. The van der Waals surface area contributed by atoms with Crippen molar-refractivity contribution in [1.29, 1.82) is 0 Å². The number of benzene rings is 1. The van der Waals surface area contributed by atoms with Crippen LogP contribution < -0.4 is 0 Å². The van der Waals surface area contributed by atoms with Crippen molar-refractivity contribution in [2.45, 2.75) is 162 Å². The van der Waals surface area contributed by atoms with E-state index in [0.29, 0.717) is 25.4 Å². The van der Waals surface area contributed by atoms with Gasteiger partial charge in [-0.25, -0.2) is 0 Å². The average Bonchev–Trinajstić information content (AvgIpc) is 3.58. The molecule has 9 nitrogen and oxygen atoms in total. The Balaban J connectivity index is 1.00. The molecule has 5 saturated carbocycles. The minimum absolute atomic E-state index is 0.0449. The van der Waals surface area contributed by atoms with Crippen molar-refractivity contribution in [2.24, 2.45) is 50.2 Å². The molecule has 0 aromatic heterocycles. The van der Waals surface area contributed by atoms with Gasteiger partial charge in [-0.05, 0) is 114 Å². The molecule has 2 aliphatic heterocycles. The highest BCUT2D eigenvalue weighted by Crippen LogP contribution is 2.89. The number of ether oxygens (including phenoxy) is 4. The van der Waals surface area contributed by atoms with Crippen LogP contribution in [-0.2, 0) is 35.1 Å². The molecule has 7 aliphatic rings. The van der Waals surface area contributed by atoms with E-state index in [4.69, 9.17) is 18.9 Å². The van der Waals surface area contributed by atoms with Crippen LogP contribution >= 0.6 is 0 Å².